The van der Waals surface area contributed by atoms with Crippen LogP contribution in [0.15, 0.2) is 0 Å². The van der Waals surface area contributed by atoms with Crippen molar-refractivity contribution in [3.05, 3.63) is 0 Å². The van der Waals surface area contributed by atoms with E-state index in [0.717, 1.165) is 37.1 Å². The van der Waals surface area contributed by atoms with Crippen molar-refractivity contribution in [2.45, 2.75) is 58.4 Å². The van der Waals surface area contributed by atoms with Gasteiger partial charge in [0.15, 0.2) is 0 Å². The minimum atomic E-state index is -0.683. The zero-order valence-electron chi connectivity index (χ0n) is 11.7. The molecule has 0 radical (unpaired) electrons. The van der Waals surface area contributed by atoms with Gasteiger partial charge in [-0.2, -0.15) is 0 Å². The van der Waals surface area contributed by atoms with Crippen LogP contribution in [0.3, 0.4) is 0 Å². The predicted molar refractivity (Wildman–Crippen MR) is 72.4 cm³/mol. The van der Waals surface area contributed by atoms with Gasteiger partial charge in [0.1, 0.15) is 6.04 Å². The van der Waals surface area contributed by atoms with Gasteiger partial charge in [0, 0.05) is 0 Å². The molecule has 1 aliphatic heterocycles. The monoisotopic (exact) mass is 253 g/mol. The fraction of sp³-hybridized carbons (Fsp3) is 0.933. The summed E-state index contributed by atoms with van der Waals surface area (Å²) in [6.45, 7) is 5.59. The van der Waals surface area contributed by atoms with Crippen molar-refractivity contribution in [3.8, 4) is 0 Å². The predicted octanol–water partition coefficient (Wildman–Crippen LogP) is 2.90. The number of hydrogen-bond acceptors (Lipinski definition) is 2. The molecular weight excluding hydrogens is 226 g/mol. The van der Waals surface area contributed by atoms with Gasteiger partial charge in [0.2, 0.25) is 0 Å². The summed E-state index contributed by atoms with van der Waals surface area (Å²) >= 11 is 0. The number of aliphatic carboxylic acids is 1. The lowest BCUT2D eigenvalue weighted by atomic mass is 9.70. The van der Waals surface area contributed by atoms with Gasteiger partial charge >= 0.3 is 5.97 Å². The molecule has 3 heteroatoms. The fourth-order valence-corrected chi connectivity index (χ4v) is 3.77. The number of carbonyl (C=O) groups is 1. The zero-order valence-corrected chi connectivity index (χ0v) is 11.7. The molecule has 2 atom stereocenters. The largest absolute Gasteiger partial charge is 0.480 e. The SMILES string of the molecule is CC(C)C1CCC(C2CCC(C(=O)O)NC2)CC1. The molecular formula is C15H27NO2. The van der Waals surface area contributed by atoms with Crippen molar-refractivity contribution in [1.82, 2.24) is 5.32 Å². The van der Waals surface area contributed by atoms with Crippen LogP contribution in [0.4, 0.5) is 0 Å². The normalized spacial score (nSPS) is 37.7. The zero-order chi connectivity index (χ0) is 13.1. The Bertz CT molecular complexity index is 274. The summed E-state index contributed by atoms with van der Waals surface area (Å²) in [7, 11) is 0. The van der Waals surface area contributed by atoms with Gasteiger partial charge in [-0.25, -0.2) is 0 Å². The first-order valence-corrected chi connectivity index (χ1v) is 7.54. The van der Waals surface area contributed by atoms with Crippen LogP contribution in [0, 0.1) is 23.7 Å². The molecule has 0 aromatic rings. The van der Waals surface area contributed by atoms with Crippen molar-refractivity contribution in [1.29, 1.82) is 0 Å². The minimum absolute atomic E-state index is 0.298. The van der Waals surface area contributed by atoms with E-state index in [9.17, 15) is 4.79 Å². The van der Waals surface area contributed by atoms with E-state index >= 15 is 0 Å². The molecule has 0 amide bonds. The van der Waals surface area contributed by atoms with E-state index in [0.29, 0.717) is 5.92 Å². The number of hydrogen-bond donors (Lipinski definition) is 2. The maximum atomic E-state index is 10.9. The van der Waals surface area contributed by atoms with Gasteiger partial charge in [-0.15, -0.1) is 0 Å². The Morgan fingerprint density at radius 1 is 1.06 bits per heavy atom. The molecule has 18 heavy (non-hydrogen) atoms. The summed E-state index contributed by atoms with van der Waals surface area (Å²) in [5.74, 6) is 2.62. The summed E-state index contributed by atoms with van der Waals surface area (Å²) in [6.07, 6.45) is 7.37. The maximum Gasteiger partial charge on any atom is 0.320 e. The number of rotatable bonds is 3. The summed E-state index contributed by atoms with van der Waals surface area (Å²) in [5, 5.41) is 12.2. The highest BCUT2D eigenvalue weighted by atomic mass is 16.4. The first-order chi connectivity index (χ1) is 8.58. The average Bonchev–Trinajstić information content (AvgIpc) is 2.39. The van der Waals surface area contributed by atoms with E-state index in [1.165, 1.54) is 25.7 Å². The van der Waals surface area contributed by atoms with E-state index in [1.54, 1.807) is 0 Å². The third-order valence-electron chi connectivity index (χ3n) is 5.18. The van der Waals surface area contributed by atoms with Gasteiger partial charge in [-0.3, -0.25) is 4.79 Å². The second-order valence-electron chi connectivity index (χ2n) is 6.56. The van der Waals surface area contributed by atoms with Crippen LogP contribution in [0.25, 0.3) is 0 Å². The van der Waals surface area contributed by atoms with Crippen molar-refractivity contribution >= 4 is 5.97 Å². The Kier molecular flexibility index (Phi) is 4.66. The van der Waals surface area contributed by atoms with Crippen molar-refractivity contribution in [3.63, 3.8) is 0 Å². The Hall–Kier alpha value is -0.570. The Morgan fingerprint density at radius 3 is 2.11 bits per heavy atom. The molecule has 0 aromatic carbocycles. The molecule has 2 unspecified atom stereocenters. The van der Waals surface area contributed by atoms with Crippen LogP contribution in [0.1, 0.15) is 52.4 Å². The highest BCUT2D eigenvalue weighted by Crippen LogP contribution is 2.38. The van der Waals surface area contributed by atoms with Gasteiger partial charge < -0.3 is 10.4 Å². The molecule has 3 nitrogen and oxygen atoms in total. The summed E-state index contributed by atoms with van der Waals surface area (Å²) in [4.78, 5) is 10.9. The van der Waals surface area contributed by atoms with E-state index < -0.39 is 5.97 Å². The third kappa shape index (κ3) is 3.25. The lowest BCUT2D eigenvalue weighted by Gasteiger charge is -2.38. The smallest absolute Gasteiger partial charge is 0.320 e. The van der Waals surface area contributed by atoms with E-state index in [-0.39, 0.29) is 6.04 Å². The summed E-state index contributed by atoms with van der Waals surface area (Å²) < 4.78 is 0. The van der Waals surface area contributed by atoms with Crippen LogP contribution in [-0.2, 0) is 4.79 Å². The maximum absolute atomic E-state index is 10.9. The quantitative estimate of drug-likeness (QED) is 0.813. The topological polar surface area (TPSA) is 49.3 Å². The first kappa shape index (κ1) is 13.9. The molecule has 1 aliphatic carbocycles. The standard InChI is InChI=1S/C15H27NO2/c1-10(2)11-3-5-12(6-4-11)13-7-8-14(15(17)18)16-9-13/h10-14,16H,3-9H2,1-2H3,(H,17,18). The molecule has 0 spiro atoms. The number of piperidine rings is 1. The van der Waals surface area contributed by atoms with Gasteiger partial charge in [-0.05, 0) is 68.7 Å². The summed E-state index contributed by atoms with van der Waals surface area (Å²) in [6, 6.07) is -0.298. The lowest BCUT2D eigenvalue weighted by Crippen LogP contribution is -2.46. The van der Waals surface area contributed by atoms with Crippen LogP contribution >= 0.6 is 0 Å². The van der Waals surface area contributed by atoms with Gasteiger partial charge in [0.05, 0.1) is 0 Å². The molecule has 2 N–H and O–H groups in total. The van der Waals surface area contributed by atoms with Crippen molar-refractivity contribution in [2.24, 2.45) is 23.7 Å². The minimum Gasteiger partial charge on any atom is -0.480 e. The van der Waals surface area contributed by atoms with Gasteiger partial charge in [-0.1, -0.05) is 13.8 Å². The van der Waals surface area contributed by atoms with E-state index in [1.807, 2.05) is 0 Å². The van der Waals surface area contributed by atoms with Crippen LogP contribution < -0.4 is 5.32 Å². The Labute approximate surface area is 110 Å². The van der Waals surface area contributed by atoms with Gasteiger partial charge in [0.25, 0.3) is 0 Å². The Balaban J connectivity index is 1.76. The van der Waals surface area contributed by atoms with E-state index in [2.05, 4.69) is 19.2 Å². The highest BCUT2D eigenvalue weighted by molar-refractivity contribution is 5.73. The molecule has 1 saturated heterocycles. The average molecular weight is 253 g/mol. The lowest BCUT2D eigenvalue weighted by molar-refractivity contribution is -0.140. The number of nitrogens with one attached hydrogen (secondary N) is 1. The third-order valence-corrected chi connectivity index (χ3v) is 5.18. The van der Waals surface area contributed by atoms with E-state index in [4.69, 9.17) is 5.11 Å². The molecule has 0 aromatic heterocycles. The van der Waals surface area contributed by atoms with Crippen LogP contribution in [-0.4, -0.2) is 23.7 Å². The number of carboxylic acids is 1. The molecule has 1 heterocycles. The molecule has 2 rings (SSSR count). The fourth-order valence-electron chi connectivity index (χ4n) is 3.77. The highest BCUT2D eigenvalue weighted by Gasteiger charge is 2.32. The van der Waals surface area contributed by atoms with Crippen LogP contribution in [0.2, 0.25) is 0 Å². The second-order valence-corrected chi connectivity index (χ2v) is 6.56. The Morgan fingerprint density at radius 2 is 1.67 bits per heavy atom. The molecule has 104 valence electrons. The van der Waals surface area contributed by atoms with Crippen LogP contribution in [0.5, 0.6) is 0 Å². The van der Waals surface area contributed by atoms with Crippen molar-refractivity contribution < 1.29 is 9.90 Å². The molecule has 2 fully saturated rings. The number of carboxylic acid groups (broad SMARTS) is 1. The van der Waals surface area contributed by atoms with Crippen molar-refractivity contribution in [2.75, 3.05) is 6.54 Å². The summed E-state index contributed by atoms with van der Waals surface area (Å²) in [5.41, 5.74) is 0. The second kappa shape index (κ2) is 6.05. The molecule has 2 aliphatic rings. The first-order valence-electron chi connectivity index (χ1n) is 7.54. The molecule has 1 saturated carbocycles. The molecule has 0 bridgehead atoms.